The van der Waals surface area contributed by atoms with E-state index in [1.165, 1.54) is 4.90 Å². The molecule has 0 fully saturated rings. The van der Waals surface area contributed by atoms with Crippen LogP contribution >= 0.6 is 0 Å². The fourth-order valence-electron chi connectivity index (χ4n) is 1.82. The molecule has 1 aromatic rings. The first-order chi connectivity index (χ1) is 9.92. The Morgan fingerprint density at radius 2 is 1.95 bits per heavy atom. The van der Waals surface area contributed by atoms with Crippen molar-refractivity contribution in [2.75, 3.05) is 18.4 Å². The number of rotatable bonds is 6. The van der Waals surface area contributed by atoms with Crippen LogP contribution in [0.15, 0.2) is 24.3 Å². The highest BCUT2D eigenvalue weighted by Gasteiger charge is 2.17. The molecule has 1 aromatic carbocycles. The maximum absolute atomic E-state index is 12.1. The number of carbonyl (C=O) groups is 2. The summed E-state index contributed by atoms with van der Waals surface area (Å²) in [5, 5.41) is 20.1. The molecule has 0 aromatic heterocycles. The summed E-state index contributed by atoms with van der Waals surface area (Å²) in [7, 11) is 0. The van der Waals surface area contributed by atoms with E-state index in [-0.39, 0.29) is 12.5 Å². The van der Waals surface area contributed by atoms with Crippen LogP contribution in [-0.4, -0.2) is 35.1 Å². The molecule has 0 radical (unpaired) electrons. The minimum Gasteiger partial charge on any atom is -0.480 e. The van der Waals surface area contributed by atoms with Crippen LogP contribution in [0.1, 0.15) is 19.4 Å². The van der Waals surface area contributed by atoms with Gasteiger partial charge in [-0.05, 0) is 23.6 Å². The van der Waals surface area contributed by atoms with Gasteiger partial charge in [0.15, 0.2) is 0 Å². The van der Waals surface area contributed by atoms with E-state index in [2.05, 4.69) is 5.32 Å². The molecular formula is C15H19N3O3. The highest BCUT2D eigenvalue weighted by Crippen LogP contribution is 2.11. The van der Waals surface area contributed by atoms with E-state index in [4.69, 9.17) is 10.4 Å². The Bertz CT molecular complexity index is 532. The first-order valence-corrected chi connectivity index (χ1v) is 6.66. The largest absolute Gasteiger partial charge is 0.480 e. The Morgan fingerprint density at radius 1 is 1.33 bits per heavy atom. The zero-order valence-corrected chi connectivity index (χ0v) is 12.2. The molecule has 6 nitrogen and oxygen atoms in total. The minimum atomic E-state index is -1.05. The number of anilines is 1. The van der Waals surface area contributed by atoms with E-state index in [0.717, 1.165) is 5.56 Å². The third-order valence-corrected chi connectivity index (χ3v) is 2.69. The summed E-state index contributed by atoms with van der Waals surface area (Å²) >= 11 is 0. The highest BCUT2D eigenvalue weighted by molar-refractivity contribution is 5.91. The second-order valence-electron chi connectivity index (χ2n) is 5.13. The van der Waals surface area contributed by atoms with Crippen molar-refractivity contribution in [2.45, 2.75) is 20.3 Å². The van der Waals surface area contributed by atoms with Gasteiger partial charge >= 0.3 is 12.0 Å². The van der Waals surface area contributed by atoms with Crippen molar-refractivity contribution in [3.05, 3.63) is 29.8 Å². The van der Waals surface area contributed by atoms with Gasteiger partial charge in [0, 0.05) is 12.2 Å². The minimum absolute atomic E-state index is 0.174. The van der Waals surface area contributed by atoms with Crippen molar-refractivity contribution in [2.24, 2.45) is 5.92 Å². The van der Waals surface area contributed by atoms with E-state index in [0.29, 0.717) is 18.7 Å². The van der Waals surface area contributed by atoms with Crippen LogP contribution < -0.4 is 5.32 Å². The molecule has 0 unspecified atom stereocenters. The quantitative estimate of drug-likeness (QED) is 0.840. The SMILES string of the molecule is CC(C)CN(CC(=O)O)C(=O)Nc1ccc(CC#N)cc1. The van der Waals surface area contributed by atoms with Crippen LogP contribution in [0.2, 0.25) is 0 Å². The normalized spacial score (nSPS) is 10.0. The zero-order chi connectivity index (χ0) is 15.8. The van der Waals surface area contributed by atoms with Gasteiger partial charge in [-0.2, -0.15) is 5.26 Å². The van der Waals surface area contributed by atoms with E-state index in [1.54, 1.807) is 24.3 Å². The van der Waals surface area contributed by atoms with Gasteiger partial charge in [-0.1, -0.05) is 26.0 Å². The molecule has 0 bridgehead atoms. The lowest BCUT2D eigenvalue weighted by atomic mass is 10.1. The lowest BCUT2D eigenvalue weighted by molar-refractivity contribution is -0.137. The molecule has 2 N–H and O–H groups in total. The van der Waals surface area contributed by atoms with Gasteiger partial charge in [0.2, 0.25) is 0 Å². The van der Waals surface area contributed by atoms with Crippen LogP contribution in [0, 0.1) is 17.2 Å². The van der Waals surface area contributed by atoms with Gasteiger partial charge in [0.25, 0.3) is 0 Å². The summed E-state index contributed by atoms with van der Waals surface area (Å²) in [6.07, 6.45) is 0.312. The predicted octanol–water partition coefficient (Wildman–Crippen LogP) is 2.33. The van der Waals surface area contributed by atoms with Crippen LogP contribution in [0.3, 0.4) is 0 Å². The predicted molar refractivity (Wildman–Crippen MR) is 78.8 cm³/mol. The summed E-state index contributed by atoms with van der Waals surface area (Å²) in [5.41, 5.74) is 1.43. The topological polar surface area (TPSA) is 93.4 Å². The van der Waals surface area contributed by atoms with Crippen molar-refractivity contribution < 1.29 is 14.7 Å². The van der Waals surface area contributed by atoms with Crippen molar-refractivity contribution >= 4 is 17.7 Å². The fraction of sp³-hybridized carbons (Fsp3) is 0.400. The van der Waals surface area contributed by atoms with Gasteiger partial charge < -0.3 is 15.3 Å². The number of hydrogen-bond donors (Lipinski definition) is 2. The zero-order valence-electron chi connectivity index (χ0n) is 12.2. The van der Waals surface area contributed by atoms with Gasteiger partial charge in [0.1, 0.15) is 6.54 Å². The maximum atomic E-state index is 12.1. The van der Waals surface area contributed by atoms with E-state index < -0.39 is 12.0 Å². The number of nitriles is 1. The molecule has 0 aliphatic rings. The van der Waals surface area contributed by atoms with Crippen LogP contribution in [0.25, 0.3) is 0 Å². The van der Waals surface area contributed by atoms with Gasteiger partial charge in [-0.3, -0.25) is 4.79 Å². The average molecular weight is 289 g/mol. The molecular weight excluding hydrogens is 270 g/mol. The summed E-state index contributed by atoms with van der Waals surface area (Å²) in [4.78, 5) is 24.2. The van der Waals surface area contributed by atoms with Crippen LogP contribution in [-0.2, 0) is 11.2 Å². The number of carboxylic acids is 1. The molecule has 112 valence electrons. The number of nitrogens with zero attached hydrogens (tertiary/aromatic N) is 2. The number of benzene rings is 1. The smallest absolute Gasteiger partial charge is 0.323 e. The van der Waals surface area contributed by atoms with E-state index in [9.17, 15) is 9.59 Å². The molecule has 21 heavy (non-hydrogen) atoms. The van der Waals surface area contributed by atoms with Crippen LogP contribution in [0.4, 0.5) is 10.5 Å². The summed E-state index contributed by atoms with van der Waals surface area (Å²) < 4.78 is 0. The lowest BCUT2D eigenvalue weighted by Crippen LogP contribution is -2.40. The second kappa shape index (κ2) is 7.90. The van der Waals surface area contributed by atoms with Gasteiger partial charge in [-0.15, -0.1) is 0 Å². The molecule has 0 atom stereocenters. The molecule has 6 heteroatoms. The molecule has 0 saturated heterocycles. The second-order valence-corrected chi connectivity index (χ2v) is 5.13. The number of amides is 2. The molecule has 0 saturated carbocycles. The Kier molecular flexibility index (Phi) is 6.21. The van der Waals surface area contributed by atoms with Gasteiger partial charge in [0.05, 0.1) is 12.5 Å². The van der Waals surface area contributed by atoms with Crippen molar-refractivity contribution in [3.63, 3.8) is 0 Å². The summed E-state index contributed by atoms with van der Waals surface area (Å²) in [6, 6.07) is 8.49. The highest BCUT2D eigenvalue weighted by atomic mass is 16.4. The third kappa shape index (κ3) is 5.95. The third-order valence-electron chi connectivity index (χ3n) is 2.69. The number of aliphatic carboxylic acids is 1. The first-order valence-electron chi connectivity index (χ1n) is 6.66. The maximum Gasteiger partial charge on any atom is 0.323 e. The summed E-state index contributed by atoms with van der Waals surface area (Å²) in [5.74, 6) is -0.872. The lowest BCUT2D eigenvalue weighted by Gasteiger charge is -2.23. The average Bonchev–Trinajstić information content (AvgIpc) is 2.39. The van der Waals surface area contributed by atoms with Crippen molar-refractivity contribution in [3.8, 4) is 6.07 Å². The number of urea groups is 1. The number of nitrogens with one attached hydrogen (secondary N) is 1. The number of hydrogen-bond acceptors (Lipinski definition) is 3. The molecule has 0 aliphatic heterocycles. The fourth-order valence-corrected chi connectivity index (χ4v) is 1.82. The van der Waals surface area contributed by atoms with Crippen molar-refractivity contribution in [1.82, 2.24) is 4.90 Å². The number of carbonyl (C=O) groups excluding carboxylic acids is 1. The molecule has 0 heterocycles. The Hall–Kier alpha value is -2.55. The molecule has 2 amide bonds. The van der Waals surface area contributed by atoms with Gasteiger partial charge in [-0.25, -0.2) is 4.79 Å². The standard InChI is InChI=1S/C15H19N3O3/c1-11(2)9-18(10-14(19)20)15(21)17-13-5-3-12(4-6-13)7-8-16/h3-6,11H,7,9-10H2,1-2H3,(H,17,21)(H,19,20). The first kappa shape index (κ1) is 16.5. The molecule has 0 spiro atoms. The Balaban J connectivity index is 2.71. The Labute approximate surface area is 124 Å². The van der Waals surface area contributed by atoms with E-state index >= 15 is 0 Å². The molecule has 1 rings (SSSR count). The number of carboxylic acid groups (broad SMARTS) is 1. The summed E-state index contributed by atoms with van der Waals surface area (Å²) in [6.45, 7) is 3.86. The monoisotopic (exact) mass is 289 g/mol. The Morgan fingerprint density at radius 3 is 2.43 bits per heavy atom. The van der Waals surface area contributed by atoms with E-state index in [1.807, 2.05) is 19.9 Å². The van der Waals surface area contributed by atoms with Crippen LogP contribution in [0.5, 0.6) is 0 Å². The molecule has 0 aliphatic carbocycles. The van der Waals surface area contributed by atoms with Crippen molar-refractivity contribution in [1.29, 1.82) is 5.26 Å².